The van der Waals surface area contributed by atoms with Gasteiger partial charge in [0, 0.05) is 37.2 Å². The first kappa shape index (κ1) is 21.8. The van der Waals surface area contributed by atoms with Crippen molar-refractivity contribution in [2.24, 2.45) is 0 Å². The predicted octanol–water partition coefficient (Wildman–Crippen LogP) is 4.39. The molecule has 0 aromatic heterocycles. The summed E-state index contributed by atoms with van der Waals surface area (Å²) in [4.78, 5) is 1.88. The summed E-state index contributed by atoms with van der Waals surface area (Å²) in [5, 5.41) is 3.67. The molecule has 0 spiro atoms. The number of aryl methyl sites for hydroxylation is 1. The molecule has 1 aromatic carbocycles. The molecule has 0 unspecified atom stereocenters. The lowest BCUT2D eigenvalue weighted by molar-refractivity contribution is -0.148. The van der Waals surface area contributed by atoms with Crippen molar-refractivity contribution in [3.8, 4) is 0 Å². The van der Waals surface area contributed by atoms with Crippen molar-refractivity contribution in [2.45, 2.75) is 25.6 Å². The van der Waals surface area contributed by atoms with E-state index in [9.17, 15) is 13.2 Å². The minimum atomic E-state index is -4.19. The van der Waals surface area contributed by atoms with E-state index in [1.165, 1.54) is 0 Å². The molecular weight excluding hydrogens is 360 g/mol. The van der Waals surface area contributed by atoms with Crippen LogP contribution in [0.1, 0.15) is 23.6 Å². The second-order valence-corrected chi connectivity index (χ2v) is 5.54. The van der Waals surface area contributed by atoms with E-state index in [2.05, 4.69) is 5.32 Å². The van der Waals surface area contributed by atoms with Crippen LogP contribution in [0.2, 0.25) is 5.02 Å². The Hall–Kier alpha value is -0.200. The SMILES string of the molecule is Cc1ccc([C@@H](CC(F)(F)F)N2CCNCC2)cc1Cl.Cl.Cl. The molecule has 1 aliphatic heterocycles. The van der Waals surface area contributed by atoms with Crippen molar-refractivity contribution in [3.05, 3.63) is 34.3 Å². The van der Waals surface area contributed by atoms with Crippen molar-refractivity contribution >= 4 is 36.4 Å². The van der Waals surface area contributed by atoms with Crippen LogP contribution in [0.3, 0.4) is 0 Å². The van der Waals surface area contributed by atoms with E-state index in [0.29, 0.717) is 36.8 Å². The van der Waals surface area contributed by atoms with Gasteiger partial charge in [0.15, 0.2) is 0 Å². The zero-order valence-corrected chi connectivity index (χ0v) is 14.5. The number of rotatable bonds is 3. The van der Waals surface area contributed by atoms with Crippen molar-refractivity contribution in [2.75, 3.05) is 26.2 Å². The summed E-state index contributed by atoms with van der Waals surface area (Å²) in [6, 6.07) is 4.54. The number of hydrogen-bond acceptors (Lipinski definition) is 2. The fraction of sp³-hybridized carbons (Fsp3) is 0.571. The first-order valence-electron chi connectivity index (χ1n) is 6.64. The summed E-state index contributed by atoms with van der Waals surface area (Å²) in [5.74, 6) is 0. The minimum absolute atomic E-state index is 0. The van der Waals surface area contributed by atoms with Crippen LogP contribution in [0.5, 0.6) is 0 Å². The van der Waals surface area contributed by atoms with E-state index in [-0.39, 0.29) is 24.8 Å². The fourth-order valence-electron chi connectivity index (χ4n) is 2.49. The molecule has 1 saturated heterocycles. The summed E-state index contributed by atoms with van der Waals surface area (Å²) < 4.78 is 38.6. The number of nitrogens with zero attached hydrogens (tertiary/aromatic N) is 1. The highest BCUT2D eigenvalue weighted by atomic mass is 35.5. The Labute approximate surface area is 146 Å². The molecule has 0 saturated carbocycles. The fourth-order valence-corrected chi connectivity index (χ4v) is 2.68. The van der Waals surface area contributed by atoms with Crippen molar-refractivity contribution < 1.29 is 13.2 Å². The summed E-state index contributed by atoms with van der Waals surface area (Å²) in [6.07, 6.45) is -5.03. The molecule has 0 bridgehead atoms. The molecule has 1 N–H and O–H groups in total. The molecule has 0 aliphatic carbocycles. The van der Waals surface area contributed by atoms with Crippen LogP contribution in [0.15, 0.2) is 18.2 Å². The molecule has 1 fully saturated rings. The van der Waals surface area contributed by atoms with Gasteiger partial charge in [-0.2, -0.15) is 13.2 Å². The van der Waals surface area contributed by atoms with Gasteiger partial charge in [-0.05, 0) is 24.1 Å². The summed E-state index contributed by atoms with van der Waals surface area (Å²) in [5.41, 5.74) is 1.52. The largest absolute Gasteiger partial charge is 0.390 e. The lowest BCUT2D eigenvalue weighted by atomic mass is 9.99. The maximum absolute atomic E-state index is 12.9. The van der Waals surface area contributed by atoms with Crippen LogP contribution in [0, 0.1) is 6.92 Å². The Morgan fingerprint density at radius 1 is 1.23 bits per heavy atom. The highest BCUT2D eigenvalue weighted by Gasteiger charge is 2.36. The van der Waals surface area contributed by atoms with Crippen LogP contribution in [-0.4, -0.2) is 37.3 Å². The quantitative estimate of drug-likeness (QED) is 0.838. The van der Waals surface area contributed by atoms with Gasteiger partial charge in [-0.3, -0.25) is 4.90 Å². The summed E-state index contributed by atoms with van der Waals surface area (Å²) in [7, 11) is 0. The first-order chi connectivity index (χ1) is 9.37. The van der Waals surface area contributed by atoms with Gasteiger partial charge in [-0.1, -0.05) is 23.7 Å². The average molecular weight is 380 g/mol. The van der Waals surface area contributed by atoms with Gasteiger partial charge in [0.05, 0.1) is 6.42 Å². The maximum atomic E-state index is 12.9. The summed E-state index contributed by atoms with van der Waals surface area (Å²) in [6.45, 7) is 4.51. The normalized spacial score (nSPS) is 17.3. The second-order valence-electron chi connectivity index (χ2n) is 5.13. The Balaban J connectivity index is 0.00000220. The number of halogens is 6. The average Bonchev–Trinajstić information content (AvgIpc) is 2.39. The Morgan fingerprint density at radius 2 is 1.82 bits per heavy atom. The Bertz CT molecular complexity index is 463. The standard InChI is InChI=1S/C14H18ClF3N2.2ClH/c1-10-2-3-11(8-12(10)15)13(9-14(16,17)18)20-6-4-19-5-7-20;;/h2-3,8,13,19H,4-7,9H2,1H3;2*1H/t13-;;/m1../s1. The predicted molar refractivity (Wildman–Crippen MR) is 88.5 cm³/mol. The van der Waals surface area contributed by atoms with Gasteiger partial charge in [0.1, 0.15) is 0 Å². The number of hydrogen-bond donors (Lipinski definition) is 1. The molecule has 0 amide bonds. The zero-order valence-electron chi connectivity index (χ0n) is 12.1. The van der Waals surface area contributed by atoms with Gasteiger partial charge >= 0.3 is 6.18 Å². The number of piperazine rings is 1. The molecule has 22 heavy (non-hydrogen) atoms. The van der Waals surface area contributed by atoms with Gasteiger partial charge in [-0.25, -0.2) is 0 Å². The molecule has 2 nitrogen and oxygen atoms in total. The topological polar surface area (TPSA) is 15.3 Å². The van der Waals surface area contributed by atoms with Crippen molar-refractivity contribution in [1.82, 2.24) is 10.2 Å². The minimum Gasteiger partial charge on any atom is -0.314 e. The second kappa shape index (κ2) is 9.18. The third-order valence-corrected chi connectivity index (χ3v) is 4.01. The lowest BCUT2D eigenvalue weighted by Gasteiger charge is -2.35. The number of benzene rings is 1. The molecule has 1 aromatic rings. The van der Waals surface area contributed by atoms with Crippen LogP contribution >= 0.6 is 36.4 Å². The monoisotopic (exact) mass is 378 g/mol. The van der Waals surface area contributed by atoms with E-state index >= 15 is 0 Å². The summed E-state index contributed by atoms with van der Waals surface area (Å²) >= 11 is 6.06. The van der Waals surface area contributed by atoms with Gasteiger partial charge < -0.3 is 5.32 Å². The van der Waals surface area contributed by atoms with Gasteiger partial charge in [0.25, 0.3) is 0 Å². The van der Waals surface area contributed by atoms with Crippen LogP contribution in [-0.2, 0) is 0 Å². The molecule has 128 valence electrons. The molecular formula is C14H20Cl3F3N2. The third-order valence-electron chi connectivity index (χ3n) is 3.60. The van der Waals surface area contributed by atoms with E-state index in [4.69, 9.17) is 11.6 Å². The smallest absolute Gasteiger partial charge is 0.314 e. The molecule has 1 aliphatic rings. The van der Waals surface area contributed by atoms with Crippen LogP contribution < -0.4 is 5.32 Å². The Kier molecular flexibility index (Phi) is 9.10. The van der Waals surface area contributed by atoms with Crippen LogP contribution in [0.25, 0.3) is 0 Å². The molecule has 8 heteroatoms. The van der Waals surface area contributed by atoms with Crippen LogP contribution in [0.4, 0.5) is 13.2 Å². The number of nitrogens with one attached hydrogen (secondary N) is 1. The molecule has 1 atom stereocenters. The first-order valence-corrected chi connectivity index (χ1v) is 7.02. The molecule has 2 rings (SSSR count). The van der Waals surface area contributed by atoms with E-state index in [1.807, 2.05) is 11.8 Å². The highest BCUT2D eigenvalue weighted by Crippen LogP contribution is 2.35. The Morgan fingerprint density at radius 3 is 2.32 bits per heavy atom. The van der Waals surface area contributed by atoms with Gasteiger partial charge in [-0.15, -0.1) is 24.8 Å². The van der Waals surface area contributed by atoms with Crippen molar-refractivity contribution in [1.29, 1.82) is 0 Å². The van der Waals surface area contributed by atoms with Gasteiger partial charge in [0.2, 0.25) is 0 Å². The third kappa shape index (κ3) is 6.13. The number of alkyl halides is 3. The van der Waals surface area contributed by atoms with E-state index < -0.39 is 18.6 Å². The lowest BCUT2D eigenvalue weighted by Crippen LogP contribution is -2.46. The van der Waals surface area contributed by atoms with E-state index in [1.54, 1.807) is 18.2 Å². The zero-order chi connectivity index (χ0) is 14.8. The van der Waals surface area contributed by atoms with Crippen molar-refractivity contribution in [3.63, 3.8) is 0 Å². The molecule has 1 heterocycles. The highest BCUT2D eigenvalue weighted by molar-refractivity contribution is 6.31. The van der Waals surface area contributed by atoms with E-state index in [0.717, 1.165) is 5.56 Å². The molecule has 0 radical (unpaired) electrons. The maximum Gasteiger partial charge on any atom is 0.390 e.